The van der Waals surface area contributed by atoms with Gasteiger partial charge in [-0.2, -0.15) is 0 Å². The van der Waals surface area contributed by atoms with Gasteiger partial charge in [0, 0.05) is 22.6 Å². The minimum Gasteiger partial charge on any atom is -0.335 e. The molecule has 7 nitrogen and oxygen atoms in total. The van der Waals surface area contributed by atoms with Crippen LogP contribution in [0, 0.1) is 6.92 Å². The second-order valence-electron chi connectivity index (χ2n) is 7.67. The van der Waals surface area contributed by atoms with Gasteiger partial charge in [0.1, 0.15) is 11.2 Å². The van der Waals surface area contributed by atoms with Crippen molar-refractivity contribution in [2.75, 3.05) is 18.9 Å². The van der Waals surface area contributed by atoms with E-state index in [2.05, 4.69) is 10.3 Å². The number of nitrogens with one attached hydrogen (secondary N) is 1. The van der Waals surface area contributed by atoms with Crippen molar-refractivity contribution in [2.45, 2.75) is 13.5 Å². The lowest BCUT2D eigenvalue weighted by Gasteiger charge is -2.17. The standard InChI is InChI=1S/C24H21ClN4O3S/c1-15-3-9-18(10-4-15)27-21(30)12-28(2)22(31)13-29-14-26-19-11-20(33-23(19)24(29)32)16-5-7-17(25)8-6-16/h3-11,14H,12-13H2,1-2H3,(H,27,30). The molecule has 9 heteroatoms. The van der Waals surface area contributed by atoms with Crippen LogP contribution in [0.2, 0.25) is 5.02 Å². The lowest BCUT2D eigenvalue weighted by Crippen LogP contribution is -2.38. The second-order valence-corrected chi connectivity index (χ2v) is 9.16. The highest BCUT2D eigenvalue weighted by Crippen LogP contribution is 2.31. The molecule has 0 aliphatic carbocycles. The van der Waals surface area contributed by atoms with Crippen molar-refractivity contribution < 1.29 is 9.59 Å². The van der Waals surface area contributed by atoms with Crippen molar-refractivity contribution in [3.8, 4) is 10.4 Å². The van der Waals surface area contributed by atoms with Gasteiger partial charge in [-0.3, -0.25) is 19.0 Å². The van der Waals surface area contributed by atoms with Crippen LogP contribution < -0.4 is 10.9 Å². The fourth-order valence-corrected chi connectivity index (χ4v) is 4.41. The van der Waals surface area contributed by atoms with Gasteiger partial charge in [0.15, 0.2) is 0 Å². The average molecular weight is 481 g/mol. The summed E-state index contributed by atoms with van der Waals surface area (Å²) in [4.78, 5) is 44.4. The SMILES string of the molecule is Cc1ccc(NC(=O)CN(C)C(=O)Cn2cnc3cc(-c4ccc(Cl)cc4)sc3c2=O)cc1. The Labute approximate surface area is 199 Å². The maximum Gasteiger partial charge on any atom is 0.271 e. The van der Waals surface area contributed by atoms with Gasteiger partial charge in [-0.25, -0.2) is 4.98 Å². The summed E-state index contributed by atoms with van der Waals surface area (Å²) >= 11 is 7.27. The first-order valence-electron chi connectivity index (χ1n) is 10.2. The molecule has 0 saturated carbocycles. The number of fused-ring (bicyclic) bond motifs is 1. The molecule has 0 unspecified atom stereocenters. The third-order valence-electron chi connectivity index (χ3n) is 5.08. The molecule has 0 radical (unpaired) electrons. The van der Waals surface area contributed by atoms with Crippen LogP contribution in [0.5, 0.6) is 0 Å². The molecule has 0 spiro atoms. The Hall–Kier alpha value is -3.49. The summed E-state index contributed by atoms with van der Waals surface area (Å²) in [5, 5.41) is 3.39. The van der Waals surface area contributed by atoms with E-state index >= 15 is 0 Å². The van der Waals surface area contributed by atoms with Crippen molar-refractivity contribution in [3.63, 3.8) is 0 Å². The third-order valence-corrected chi connectivity index (χ3v) is 6.49. The number of hydrogen-bond donors (Lipinski definition) is 1. The molecule has 2 aromatic heterocycles. The number of halogens is 1. The number of aromatic nitrogens is 2. The molecule has 4 rings (SSSR count). The number of carbonyl (C=O) groups is 2. The third kappa shape index (κ3) is 5.30. The highest BCUT2D eigenvalue weighted by molar-refractivity contribution is 7.22. The summed E-state index contributed by atoms with van der Waals surface area (Å²) < 4.78 is 1.73. The number of thiophene rings is 1. The minimum atomic E-state index is -0.369. The molecule has 0 aliphatic rings. The number of hydrogen-bond acceptors (Lipinski definition) is 5. The number of amides is 2. The van der Waals surface area contributed by atoms with Crippen molar-refractivity contribution in [3.05, 3.63) is 81.9 Å². The van der Waals surface area contributed by atoms with Crippen molar-refractivity contribution in [1.82, 2.24) is 14.5 Å². The molecule has 0 aliphatic heterocycles. The molecule has 4 aromatic rings. The molecule has 2 amide bonds. The van der Waals surface area contributed by atoms with Crippen molar-refractivity contribution in [1.29, 1.82) is 0 Å². The van der Waals surface area contributed by atoms with Crippen LogP contribution in [0.25, 0.3) is 20.7 Å². The van der Waals surface area contributed by atoms with Gasteiger partial charge in [-0.15, -0.1) is 11.3 Å². The van der Waals surface area contributed by atoms with Gasteiger partial charge in [0.2, 0.25) is 11.8 Å². The van der Waals surface area contributed by atoms with E-state index in [9.17, 15) is 14.4 Å². The molecule has 0 atom stereocenters. The van der Waals surface area contributed by atoms with Crippen LogP contribution in [0.15, 0.2) is 65.7 Å². The lowest BCUT2D eigenvalue weighted by atomic mass is 10.2. The number of carbonyl (C=O) groups excluding carboxylic acids is 2. The van der Waals surface area contributed by atoms with Crippen LogP contribution in [-0.2, 0) is 16.1 Å². The maximum absolute atomic E-state index is 12.9. The fourth-order valence-electron chi connectivity index (χ4n) is 3.22. The lowest BCUT2D eigenvalue weighted by molar-refractivity contribution is -0.133. The predicted molar refractivity (Wildman–Crippen MR) is 132 cm³/mol. The quantitative estimate of drug-likeness (QED) is 0.448. The summed E-state index contributed by atoms with van der Waals surface area (Å²) in [6.45, 7) is 1.63. The minimum absolute atomic E-state index is 0.128. The van der Waals surface area contributed by atoms with E-state index in [0.717, 1.165) is 16.0 Å². The zero-order valence-corrected chi connectivity index (χ0v) is 19.6. The highest BCUT2D eigenvalue weighted by atomic mass is 35.5. The number of nitrogens with zero attached hydrogens (tertiary/aromatic N) is 3. The van der Waals surface area contributed by atoms with Gasteiger partial charge in [0.05, 0.1) is 18.4 Å². The highest BCUT2D eigenvalue weighted by Gasteiger charge is 2.16. The molecule has 1 N–H and O–H groups in total. The van der Waals surface area contributed by atoms with Crippen molar-refractivity contribution >= 4 is 50.7 Å². The number of rotatable bonds is 6. The number of anilines is 1. The molecule has 0 fully saturated rings. The molecule has 2 heterocycles. The van der Waals surface area contributed by atoms with Crippen LogP contribution in [0.1, 0.15) is 5.56 Å². The first-order chi connectivity index (χ1) is 15.8. The van der Waals surface area contributed by atoms with Crippen molar-refractivity contribution in [2.24, 2.45) is 0 Å². The zero-order chi connectivity index (χ0) is 23.5. The van der Waals surface area contributed by atoms with Crippen LogP contribution in [-0.4, -0.2) is 39.9 Å². The van der Waals surface area contributed by atoms with E-state index in [4.69, 9.17) is 11.6 Å². The molecule has 0 saturated heterocycles. The molecule has 33 heavy (non-hydrogen) atoms. The molecule has 2 aromatic carbocycles. The van der Waals surface area contributed by atoms with E-state index in [1.807, 2.05) is 37.3 Å². The summed E-state index contributed by atoms with van der Waals surface area (Å²) in [5.41, 5.74) is 2.96. The van der Waals surface area contributed by atoms with Crippen LogP contribution >= 0.6 is 22.9 Å². The number of aryl methyl sites for hydroxylation is 1. The molecule has 168 valence electrons. The maximum atomic E-state index is 12.9. The van der Waals surface area contributed by atoms with E-state index in [-0.39, 0.29) is 30.5 Å². The van der Waals surface area contributed by atoms with Crippen LogP contribution in [0.3, 0.4) is 0 Å². The largest absolute Gasteiger partial charge is 0.335 e. The van der Waals surface area contributed by atoms with Gasteiger partial charge in [-0.1, -0.05) is 41.4 Å². The Morgan fingerprint density at radius 3 is 2.52 bits per heavy atom. The summed E-state index contributed by atoms with van der Waals surface area (Å²) in [5.74, 6) is -0.687. The molecule has 0 bridgehead atoms. The fraction of sp³-hybridized carbons (Fsp3) is 0.167. The van der Waals surface area contributed by atoms with E-state index in [0.29, 0.717) is 20.9 Å². The van der Waals surface area contributed by atoms with Gasteiger partial charge >= 0.3 is 0 Å². The van der Waals surface area contributed by atoms with Gasteiger partial charge < -0.3 is 10.2 Å². The van der Waals surface area contributed by atoms with Gasteiger partial charge in [0.25, 0.3) is 5.56 Å². The van der Waals surface area contributed by atoms with Crippen LogP contribution in [0.4, 0.5) is 5.69 Å². The van der Waals surface area contributed by atoms with Gasteiger partial charge in [-0.05, 0) is 42.8 Å². The molecular formula is C24H21ClN4O3S. The smallest absolute Gasteiger partial charge is 0.271 e. The number of benzene rings is 2. The Balaban J connectivity index is 1.45. The monoisotopic (exact) mass is 480 g/mol. The summed E-state index contributed by atoms with van der Waals surface area (Å²) in [6.07, 6.45) is 1.36. The topological polar surface area (TPSA) is 84.3 Å². The average Bonchev–Trinajstić information content (AvgIpc) is 3.23. The summed E-state index contributed by atoms with van der Waals surface area (Å²) in [6, 6.07) is 16.6. The first kappa shape index (κ1) is 22.7. The summed E-state index contributed by atoms with van der Waals surface area (Å²) in [7, 11) is 1.53. The normalized spacial score (nSPS) is 10.9. The predicted octanol–water partition coefficient (Wildman–Crippen LogP) is 4.18. The Morgan fingerprint density at radius 2 is 1.82 bits per heavy atom. The van der Waals surface area contributed by atoms with E-state index < -0.39 is 0 Å². The first-order valence-corrected chi connectivity index (χ1v) is 11.3. The molecular weight excluding hydrogens is 460 g/mol. The Bertz CT molecular complexity index is 1380. The zero-order valence-electron chi connectivity index (χ0n) is 18.0. The Morgan fingerprint density at radius 1 is 1.12 bits per heavy atom. The van der Waals surface area contributed by atoms with E-state index in [1.165, 1.54) is 34.2 Å². The number of likely N-dealkylation sites (N-methyl/N-ethyl adjacent to an activating group) is 1. The Kier molecular flexibility index (Phi) is 6.57. The second kappa shape index (κ2) is 9.56. The van der Waals surface area contributed by atoms with E-state index in [1.54, 1.807) is 24.3 Å².